The number of hydrogen-bond acceptors (Lipinski definition) is 10. The molecule has 39 heavy (non-hydrogen) atoms. The molecule has 3 rings (SSSR count). The Morgan fingerprint density at radius 2 is 1.49 bits per heavy atom. The number of benzene rings is 1. The Morgan fingerprint density at radius 3 is 2.00 bits per heavy atom. The van der Waals surface area contributed by atoms with Crippen molar-refractivity contribution in [3.05, 3.63) is 40.6 Å². The highest BCUT2D eigenvalue weighted by atomic mass is 79.9. The first-order chi connectivity index (χ1) is 18.0. The van der Waals surface area contributed by atoms with Gasteiger partial charge in [0.25, 0.3) is 5.89 Å². The van der Waals surface area contributed by atoms with Crippen LogP contribution in [0.15, 0.2) is 39.5 Å². The van der Waals surface area contributed by atoms with E-state index in [9.17, 15) is 14.4 Å². The van der Waals surface area contributed by atoms with Gasteiger partial charge in [0.05, 0.1) is 6.20 Å². The molecule has 0 aliphatic carbocycles. The number of amides is 3. The van der Waals surface area contributed by atoms with E-state index in [-0.39, 0.29) is 34.4 Å². The lowest BCUT2D eigenvalue weighted by Gasteiger charge is -2.28. The van der Waals surface area contributed by atoms with E-state index in [0.717, 1.165) is 10.5 Å². The maximum absolute atomic E-state index is 13.1. The zero-order valence-corrected chi connectivity index (χ0v) is 24.1. The maximum atomic E-state index is 13.1. The minimum absolute atomic E-state index is 0.0699. The molecule has 2 heterocycles. The van der Waals surface area contributed by atoms with Crippen molar-refractivity contribution >= 4 is 40.0 Å². The molecule has 1 aromatic carbocycles. The number of rotatable bonds is 5. The fraction of sp³-hybridized carbons (Fsp3) is 0.400. The Labute approximate surface area is 233 Å². The Balaban J connectivity index is 2.01. The number of hydrogen-bond donors (Lipinski definition) is 1. The summed E-state index contributed by atoms with van der Waals surface area (Å²) in [5.41, 5.74) is -0.614. The van der Waals surface area contributed by atoms with Crippen molar-refractivity contribution in [3.8, 4) is 23.0 Å². The van der Waals surface area contributed by atoms with Gasteiger partial charge in [0.1, 0.15) is 15.8 Å². The standard InChI is InChI=1S/C25H29BrN6O7/c1-24(2,3)38-22(35)32(23(36)39-25(4,5)6)18-17(28-16(26)12-27-18)20-30-29-19(37-20)15-10-8-14(9-11-15)13-31(7)21(33)34/h8-12H,13H2,1-7H3,(H,33,34). The Kier molecular flexibility index (Phi) is 8.58. The predicted octanol–water partition coefficient (Wildman–Crippen LogP) is 5.74. The van der Waals surface area contributed by atoms with Gasteiger partial charge in [-0.05, 0) is 75.2 Å². The van der Waals surface area contributed by atoms with Crippen molar-refractivity contribution in [1.29, 1.82) is 0 Å². The maximum Gasteiger partial charge on any atom is 0.425 e. The summed E-state index contributed by atoms with van der Waals surface area (Å²) in [4.78, 5) is 47.7. The largest absolute Gasteiger partial charge is 0.465 e. The average Bonchev–Trinajstić information content (AvgIpc) is 3.28. The second kappa shape index (κ2) is 11.4. The van der Waals surface area contributed by atoms with Crippen LogP contribution in [-0.2, 0) is 16.0 Å². The highest BCUT2D eigenvalue weighted by molar-refractivity contribution is 9.10. The van der Waals surface area contributed by atoms with Gasteiger partial charge in [-0.2, -0.15) is 4.90 Å². The molecule has 3 aromatic rings. The first-order valence-corrected chi connectivity index (χ1v) is 12.5. The van der Waals surface area contributed by atoms with E-state index in [1.54, 1.807) is 65.8 Å². The number of imide groups is 1. The van der Waals surface area contributed by atoms with Crippen molar-refractivity contribution in [2.45, 2.75) is 59.3 Å². The van der Waals surface area contributed by atoms with Crippen LogP contribution in [-0.4, -0.2) is 66.7 Å². The monoisotopic (exact) mass is 604 g/mol. The Hall–Kier alpha value is -4.07. The van der Waals surface area contributed by atoms with Crippen LogP contribution in [0.5, 0.6) is 0 Å². The number of carbonyl (C=O) groups excluding carboxylic acids is 2. The number of carbonyl (C=O) groups is 3. The van der Waals surface area contributed by atoms with E-state index < -0.39 is 29.5 Å². The van der Waals surface area contributed by atoms with Crippen LogP contribution in [0.3, 0.4) is 0 Å². The fourth-order valence-electron chi connectivity index (χ4n) is 3.06. The number of ether oxygens (including phenoxy) is 2. The second-order valence-electron chi connectivity index (χ2n) is 10.4. The lowest BCUT2D eigenvalue weighted by atomic mass is 10.1. The van der Waals surface area contributed by atoms with Gasteiger partial charge in [0.15, 0.2) is 11.5 Å². The molecule has 0 saturated carbocycles. The Morgan fingerprint density at radius 1 is 0.949 bits per heavy atom. The molecule has 0 radical (unpaired) electrons. The highest BCUT2D eigenvalue weighted by Gasteiger charge is 2.37. The summed E-state index contributed by atoms with van der Waals surface area (Å²) in [7, 11) is 1.47. The molecule has 0 spiro atoms. The topological polar surface area (TPSA) is 161 Å². The molecular formula is C25H29BrN6O7. The SMILES string of the molecule is CN(Cc1ccc(-c2nnc(-c3nc(Br)cnc3N(C(=O)OC(C)(C)C)C(=O)OC(C)(C)C)o2)cc1)C(=O)O. The molecule has 1 N–H and O–H groups in total. The molecule has 14 heteroatoms. The molecule has 0 bridgehead atoms. The third-order valence-corrected chi connectivity index (χ3v) is 5.04. The normalized spacial score (nSPS) is 11.6. The number of carboxylic acid groups (broad SMARTS) is 1. The van der Waals surface area contributed by atoms with Crippen LogP contribution < -0.4 is 4.90 Å². The first kappa shape index (κ1) is 29.5. The summed E-state index contributed by atoms with van der Waals surface area (Å²) in [6.07, 6.45) is -1.81. The second-order valence-corrected chi connectivity index (χ2v) is 11.2. The van der Waals surface area contributed by atoms with Crippen LogP contribution in [0.2, 0.25) is 0 Å². The van der Waals surface area contributed by atoms with E-state index in [0.29, 0.717) is 10.5 Å². The van der Waals surface area contributed by atoms with E-state index in [4.69, 9.17) is 19.0 Å². The number of aromatic nitrogens is 4. The molecule has 0 aliphatic heterocycles. The van der Waals surface area contributed by atoms with E-state index >= 15 is 0 Å². The van der Waals surface area contributed by atoms with E-state index in [2.05, 4.69) is 36.1 Å². The fourth-order valence-corrected chi connectivity index (χ4v) is 3.34. The van der Waals surface area contributed by atoms with Crippen molar-refractivity contribution in [2.24, 2.45) is 0 Å². The van der Waals surface area contributed by atoms with Crippen LogP contribution >= 0.6 is 15.9 Å². The molecular weight excluding hydrogens is 576 g/mol. The van der Waals surface area contributed by atoms with Gasteiger partial charge in [-0.15, -0.1) is 10.2 Å². The summed E-state index contributed by atoms with van der Waals surface area (Å²) in [5, 5.41) is 17.2. The van der Waals surface area contributed by atoms with Gasteiger partial charge < -0.3 is 23.9 Å². The zero-order chi connectivity index (χ0) is 29.1. The third-order valence-electron chi connectivity index (χ3n) is 4.66. The molecule has 13 nitrogen and oxygen atoms in total. The smallest absolute Gasteiger partial charge is 0.425 e. The predicted molar refractivity (Wildman–Crippen MR) is 143 cm³/mol. The summed E-state index contributed by atoms with van der Waals surface area (Å²) in [6.45, 7) is 10.1. The zero-order valence-electron chi connectivity index (χ0n) is 22.6. The number of anilines is 1. The quantitative estimate of drug-likeness (QED) is 0.377. The van der Waals surface area contributed by atoms with Crippen molar-refractivity contribution in [2.75, 3.05) is 11.9 Å². The molecule has 0 fully saturated rings. The summed E-state index contributed by atoms with van der Waals surface area (Å²) in [5.74, 6) is -0.235. The van der Waals surface area contributed by atoms with Gasteiger partial charge in [-0.3, -0.25) is 0 Å². The van der Waals surface area contributed by atoms with Gasteiger partial charge in [0.2, 0.25) is 5.89 Å². The van der Waals surface area contributed by atoms with Gasteiger partial charge >= 0.3 is 18.3 Å². The van der Waals surface area contributed by atoms with Gasteiger partial charge in [-0.25, -0.2) is 24.4 Å². The van der Waals surface area contributed by atoms with Gasteiger partial charge in [0, 0.05) is 19.2 Å². The minimum atomic E-state index is -1.04. The lowest BCUT2D eigenvalue weighted by molar-refractivity contribution is 0.0429. The van der Waals surface area contributed by atoms with Crippen LogP contribution in [0, 0.1) is 0 Å². The summed E-state index contributed by atoms with van der Waals surface area (Å²) >= 11 is 3.24. The van der Waals surface area contributed by atoms with Crippen LogP contribution in [0.25, 0.3) is 23.0 Å². The molecule has 0 saturated heterocycles. The average molecular weight is 605 g/mol. The van der Waals surface area contributed by atoms with Crippen molar-refractivity contribution in [1.82, 2.24) is 25.1 Å². The summed E-state index contributed by atoms with van der Waals surface area (Å²) in [6, 6.07) is 6.86. The first-order valence-electron chi connectivity index (χ1n) is 11.7. The van der Waals surface area contributed by atoms with Crippen LogP contribution in [0.1, 0.15) is 47.1 Å². The highest BCUT2D eigenvalue weighted by Crippen LogP contribution is 2.32. The van der Waals surface area contributed by atoms with Gasteiger partial charge in [-0.1, -0.05) is 12.1 Å². The molecule has 0 unspecified atom stereocenters. The summed E-state index contributed by atoms with van der Waals surface area (Å²) < 4.78 is 17.0. The van der Waals surface area contributed by atoms with E-state index in [1.165, 1.54) is 13.2 Å². The Bertz CT molecular complexity index is 1330. The third kappa shape index (κ3) is 7.96. The number of halogens is 1. The molecule has 2 aromatic heterocycles. The number of nitrogens with zero attached hydrogens (tertiary/aromatic N) is 6. The minimum Gasteiger partial charge on any atom is -0.465 e. The van der Waals surface area contributed by atoms with Crippen molar-refractivity contribution in [3.63, 3.8) is 0 Å². The molecule has 0 aliphatic rings. The van der Waals surface area contributed by atoms with Crippen molar-refractivity contribution < 1.29 is 33.4 Å². The van der Waals surface area contributed by atoms with Crippen LogP contribution in [0.4, 0.5) is 20.2 Å². The lowest BCUT2D eigenvalue weighted by Crippen LogP contribution is -2.44. The molecule has 3 amide bonds. The molecule has 208 valence electrons. The molecule has 0 atom stereocenters. The van der Waals surface area contributed by atoms with E-state index in [1.807, 2.05) is 0 Å².